The lowest BCUT2D eigenvalue weighted by Gasteiger charge is -2.34. The molecule has 0 spiro atoms. The number of imidazole rings is 1. The van der Waals surface area contributed by atoms with E-state index in [1.807, 2.05) is 5.10 Å². The third kappa shape index (κ3) is 3.07. The molecule has 0 saturated heterocycles. The molecule has 1 atom stereocenters. The molecular weight excluding hydrogens is 364 g/mol. The van der Waals surface area contributed by atoms with E-state index in [0.29, 0.717) is 17.1 Å². The first-order valence-corrected chi connectivity index (χ1v) is 8.05. The van der Waals surface area contributed by atoms with Gasteiger partial charge in [-0.25, -0.2) is 14.4 Å². The first-order valence-electron chi connectivity index (χ1n) is 8.05. The summed E-state index contributed by atoms with van der Waals surface area (Å²) >= 11 is 0. The molecule has 1 aliphatic rings. The quantitative estimate of drug-likeness (QED) is 0.710. The highest BCUT2D eigenvalue weighted by Crippen LogP contribution is 2.35. The van der Waals surface area contributed by atoms with E-state index in [1.165, 1.54) is 6.07 Å². The lowest BCUT2D eigenvalue weighted by Crippen LogP contribution is -2.31. The van der Waals surface area contributed by atoms with Crippen LogP contribution in [-0.4, -0.2) is 36.7 Å². The maximum atomic E-state index is 14.1. The van der Waals surface area contributed by atoms with Gasteiger partial charge in [-0.1, -0.05) is 18.2 Å². The third-order valence-corrected chi connectivity index (χ3v) is 4.46. The number of H-pyrrole nitrogens is 1. The average molecular weight is 378 g/mol. The smallest absolute Gasteiger partial charge is 0.360 e. The van der Waals surface area contributed by atoms with E-state index >= 15 is 0 Å². The highest BCUT2D eigenvalue weighted by atomic mass is 19.4. The number of hydrogen-bond donors (Lipinski definition) is 1. The molecule has 0 bridgehead atoms. The van der Waals surface area contributed by atoms with Gasteiger partial charge in [0.2, 0.25) is 5.82 Å². The van der Waals surface area contributed by atoms with Gasteiger partial charge in [-0.15, -0.1) is 0 Å². The van der Waals surface area contributed by atoms with Gasteiger partial charge in [-0.2, -0.15) is 18.3 Å². The molecule has 6 nitrogen and oxygen atoms in total. The number of likely N-dealkylation sites (N-methyl/N-ethyl adjacent to an activating group) is 1. The summed E-state index contributed by atoms with van der Waals surface area (Å²) in [5.41, 5.74) is 0.852. The molecule has 4 rings (SSSR count). The van der Waals surface area contributed by atoms with E-state index in [0.717, 1.165) is 0 Å². The van der Waals surface area contributed by atoms with Gasteiger partial charge in [0.25, 0.3) is 0 Å². The van der Waals surface area contributed by atoms with Crippen LogP contribution in [-0.2, 0) is 12.6 Å². The number of nitrogens with one attached hydrogen (secondary N) is 1. The van der Waals surface area contributed by atoms with E-state index in [4.69, 9.17) is 0 Å². The molecule has 1 N–H and O–H groups in total. The second kappa shape index (κ2) is 6.22. The molecule has 27 heavy (non-hydrogen) atoms. The largest absolute Gasteiger partial charge is 0.451 e. The third-order valence-electron chi connectivity index (χ3n) is 4.46. The monoisotopic (exact) mass is 378 g/mol. The Hall–Kier alpha value is -3.17. The maximum absolute atomic E-state index is 14.1. The molecule has 1 unspecified atom stereocenters. The number of fused-ring (bicyclic) bond motifs is 1. The van der Waals surface area contributed by atoms with Crippen LogP contribution in [0, 0.1) is 5.82 Å². The second-order valence-corrected chi connectivity index (χ2v) is 6.13. The molecule has 0 radical (unpaired) electrons. The zero-order valence-electron chi connectivity index (χ0n) is 14.1. The van der Waals surface area contributed by atoms with Crippen molar-refractivity contribution in [3.63, 3.8) is 0 Å². The zero-order valence-corrected chi connectivity index (χ0v) is 14.1. The van der Waals surface area contributed by atoms with Crippen molar-refractivity contribution in [3.8, 4) is 0 Å². The molecule has 0 fully saturated rings. The summed E-state index contributed by atoms with van der Waals surface area (Å²) in [4.78, 5) is 9.58. The first kappa shape index (κ1) is 17.3. The number of alkyl halides is 3. The normalized spacial score (nSPS) is 17.0. The molecule has 0 amide bonds. The predicted octanol–water partition coefficient (Wildman–Crippen LogP) is 3.34. The highest BCUT2D eigenvalue weighted by molar-refractivity contribution is 5.71. The van der Waals surface area contributed by atoms with E-state index in [-0.39, 0.29) is 18.1 Å². The summed E-state index contributed by atoms with van der Waals surface area (Å²) in [7, 11) is 1.69. The van der Waals surface area contributed by atoms with Crippen LogP contribution >= 0.6 is 0 Å². The first-order chi connectivity index (χ1) is 12.8. The van der Waals surface area contributed by atoms with Crippen LogP contribution in [0.5, 0.6) is 0 Å². The summed E-state index contributed by atoms with van der Waals surface area (Å²) in [5.74, 6) is -0.968. The van der Waals surface area contributed by atoms with Crippen LogP contribution in [0.15, 0.2) is 36.7 Å². The fourth-order valence-corrected chi connectivity index (χ4v) is 3.07. The molecule has 2 aromatic heterocycles. The van der Waals surface area contributed by atoms with Crippen molar-refractivity contribution in [2.75, 3.05) is 7.05 Å². The van der Waals surface area contributed by atoms with Crippen molar-refractivity contribution in [3.05, 3.63) is 65.5 Å². The van der Waals surface area contributed by atoms with Gasteiger partial charge in [0.1, 0.15) is 17.3 Å². The van der Waals surface area contributed by atoms with Gasteiger partial charge in [-0.05, 0) is 11.6 Å². The summed E-state index contributed by atoms with van der Waals surface area (Å²) in [6.07, 6.45) is 0.521. The Morgan fingerprint density at radius 3 is 2.70 bits per heavy atom. The van der Waals surface area contributed by atoms with Crippen molar-refractivity contribution in [1.29, 1.82) is 0 Å². The Balaban J connectivity index is 1.73. The molecule has 1 aromatic carbocycles. The summed E-state index contributed by atoms with van der Waals surface area (Å²) in [6, 6.07) is 5.97. The number of nitrogens with zero attached hydrogens (tertiary/aromatic N) is 5. The van der Waals surface area contributed by atoms with E-state index in [2.05, 4.69) is 15.1 Å². The SMILES string of the molecule is CN1C(c2n[nH]c(C(F)(F)F)n2)=Cn2ccnc2C1Cc1ccccc1F. The minimum absolute atomic E-state index is 0.0947. The molecule has 10 heteroatoms. The number of rotatable bonds is 3. The van der Waals surface area contributed by atoms with E-state index in [9.17, 15) is 17.6 Å². The lowest BCUT2D eigenvalue weighted by atomic mass is 10.0. The van der Waals surface area contributed by atoms with Gasteiger partial charge >= 0.3 is 6.18 Å². The van der Waals surface area contributed by atoms with Crippen molar-refractivity contribution in [2.45, 2.75) is 18.6 Å². The minimum Gasteiger partial charge on any atom is -0.360 e. The minimum atomic E-state index is -4.62. The van der Waals surface area contributed by atoms with Gasteiger partial charge in [0, 0.05) is 32.1 Å². The lowest BCUT2D eigenvalue weighted by molar-refractivity contribution is -0.144. The standard InChI is InChI=1S/C17H14F4N6/c1-26-12(8-10-4-2-3-5-11(10)18)15-22-6-7-27(15)9-13(26)14-23-16(25-24-14)17(19,20)21/h2-7,9,12H,8H2,1H3,(H,23,24,25). The van der Waals surface area contributed by atoms with Crippen LogP contribution in [0.1, 0.15) is 29.1 Å². The molecule has 0 aliphatic carbocycles. The number of aromatic nitrogens is 5. The Morgan fingerprint density at radius 1 is 1.22 bits per heavy atom. The second-order valence-electron chi connectivity index (χ2n) is 6.13. The number of hydrogen-bond acceptors (Lipinski definition) is 4. The van der Waals surface area contributed by atoms with Gasteiger partial charge in [0.15, 0.2) is 5.82 Å². The molecule has 3 aromatic rings. The van der Waals surface area contributed by atoms with Crippen LogP contribution in [0.25, 0.3) is 11.9 Å². The fourth-order valence-electron chi connectivity index (χ4n) is 3.07. The van der Waals surface area contributed by atoms with Crippen LogP contribution in [0.4, 0.5) is 17.6 Å². The Kier molecular flexibility index (Phi) is 3.97. The molecule has 1 aliphatic heterocycles. The van der Waals surface area contributed by atoms with Crippen molar-refractivity contribution < 1.29 is 17.6 Å². The number of benzene rings is 1. The zero-order chi connectivity index (χ0) is 19.2. The predicted molar refractivity (Wildman–Crippen MR) is 88.4 cm³/mol. The van der Waals surface area contributed by atoms with Gasteiger partial charge in [-0.3, -0.25) is 5.10 Å². The van der Waals surface area contributed by atoms with Crippen molar-refractivity contribution in [2.24, 2.45) is 0 Å². The van der Waals surface area contributed by atoms with Crippen LogP contribution in [0.3, 0.4) is 0 Å². The average Bonchev–Trinajstić information content (AvgIpc) is 3.27. The molecule has 0 saturated carbocycles. The maximum Gasteiger partial charge on any atom is 0.451 e. The highest BCUT2D eigenvalue weighted by Gasteiger charge is 2.37. The van der Waals surface area contributed by atoms with Crippen molar-refractivity contribution >= 4 is 11.9 Å². The van der Waals surface area contributed by atoms with Crippen LogP contribution in [0.2, 0.25) is 0 Å². The summed E-state index contributed by atoms with van der Waals surface area (Å²) in [5, 5.41) is 5.62. The molecular formula is C17H14F4N6. The Morgan fingerprint density at radius 2 is 2.00 bits per heavy atom. The van der Waals surface area contributed by atoms with Crippen LogP contribution < -0.4 is 0 Å². The Bertz CT molecular complexity index is 1000. The van der Waals surface area contributed by atoms with Gasteiger partial charge < -0.3 is 9.47 Å². The van der Waals surface area contributed by atoms with E-state index < -0.39 is 18.0 Å². The number of aromatic amines is 1. The topological polar surface area (TPSA) is 62.6 Å². The Labute approximate surface area is 151 Å². The molecule has 3 heterocycles. The van der Waals surface area contributed by atoms with Gasteiger partial charge in [0.05, 0.1) is 6.04 Å². The molecule has 140 valence electrons. The summed E-state index contributed by atoms with van der Waals surface area (Å²) < 4.78 is 54.3. The number of halogens is 4. The van der Waals surface area contributed by atoms with E-state index in [1.54, 1.807) is 53.3 Å². The fraction of sp³-hybridized carbons (Fsp3) is 0.235. The van der Waals surface area contributed by atoms with Crippen molar-refractivity contribution in [1.82, 2.24) is 29.6 Å². The summed E-state index contributed by atoms with van der Waals surface area (Å²) in [6.45, 7) is 0.